The highest BCUT2D eigenvalue weighted by Gasteiger charge is 2.34. The fraction of sp³-hybridized carbons (Fsp3) is 0.300. The number of nitrogens with one attached hydrogen (secondary N) is 1. The molecule has 7 heteroatoms. The molecule has 2 amide bonds. The average Bonchev–Trinajstić information content (AvgIpc) is 3.03. The number of fused-ring (bicyclic) bond motifs is 1. The zero-order chi connectivity index (χ0) is 18.8. The van der Waals surface area contributed by atoms with Crippen LogP contribution in [0.1, 0.15) is 16.5 Å². The van der Waals surface area contributed by atoms with Crippen LogP contribution in [0.25, 0.3) is 0 Å². The van der Waals surface area contributed by atoms with Crippen LogP contribution >= 0.6 is 11.8 Å². The second-order valence-electron chi connectivity index (χ2n) is 6.50. The molecule has 0 saturated carbocycles. The maximum absolute atomic E-state index is 12.4. The summed E-state index contributed by atoms with van der Waals surface area (Å²) in [5.41, 5.74) is 2.77. The lowest BCUT2D eigenvalue weighted by molar-refractivity contribution is -0.132. The predicted molar refractivity (Wildman–Crippen MR) is 104 cm³/mol. The number of ether oxygens (including phenoxy) is 2. The summed E-state index contributed by atoms with van der Waals surface area (Å²) in [6.45, 7) is 3.05. The van der Waals surface area contributed by atoms with Crippen LogP contribution in [0.2, 0.25) is 0 Å². The van der Waals surface area contributed by atoms with Gasteiger partial charge in [0.2, 0.25) is 11.8 Å². The van der Waals surface area contributed by atoms with Gasteiger partial charge in [-0.3, -0.25) is 9.59 Å². The SMILES string of the molecule is Cc1ccc(NC(=O)CN2C(=O)CS[C@H]2c2ccc3c(c2)OCCO3)cc1. The Kier molecular flexibility index (Phi) is 4.94. The van der Waals surface area contributed by atoms with Crippen LogP contribution in [-0.2, 0) is 9.59 Å². The number of carbonyl (C=O) groups is 2. The molecule has 2 aliphatic rings. The molecule has 0 aromatic heterocycles. The van der Waals surface area contributed by atoms with Crippen molar-refractivity contribution in [2.75, 3.05) is 30.8 Å². The predicted octanol–water partition coefficient (Wildman–Crippen LogP) is 2.98. The van der Waals surface area contributed by atoms with Crippen molar-refractivity contribution < 1.29 is 19.1 Å². The Balaban J connectivity index is 1.48. The zero-order valence-corrected chi connectivity index (χ0v) is 15.8. The molecule has 1 N–H and O–H groups in total. The number of benzene rings is 2. The molecule has 2 aliphatic heterocycles. The van der Waals surface area contributed by atoms with Crippen LogP contribution in [0.15, 0.2) is 42.5 Å². The van der Waals surface area contributed by atoms with Gasteiger partial charge in [-0.05, 0) is 36.8 Å². The molecule has 27 heavy (non-hydrogen) atoms. The third-order valence-corrected chi connectivity index (χ3v) is 5.72. The van der Waals surface area contributed by atoms with Gasteiger partial charge in [0.15, 0.2) is 11.5 Å². The number of anilines is 1. The maximum Gasteiger partial charge on any atom is 0.244 e. The first kappa shape index (κ1) is 17.7. The second kappa shape index (κ2) is 7.52. The van der Waals surface area contributed by atoms with Crippen molar-refractivity contribution in [2.45, 2.75) is 12.3 Å². The van der Waals surface area contributed by atoms with Crippen LogP contribution in [0, 0.1) is 6.92 Å². The number of aryl methyl sites for hydroxylation is 1. The summed E-state index contributed by atoms with van der Waals surface area (Å²) in [6.07, 6.45) is 0. The van der Waals surface area contributed by atoms with Crippen LogP contribution in [0.5, 0.6) is 11.5 Å². The molecule has 6 nitrogen and oxygen atoms in total. The molecule has 0 radical (unpaired) electrons. The Hall–Kier alpha value is -2.67. The average molecular weight is 384 g/mol. The first-order valence-electron chi connectivity index (χ1n) is 8.77. The maximum atomic E-state index is 12.4. The Labute approximate surface area is 161 Å². The summed E-state index contributed by atoms with van der Waals surface area (Å²) in [6, 6.07) is 13.3. The van der Waals surface area contributed by atoms with Gasteiger partial charge >= 0.3 is 0 Å². The lowest BCUT2D eigenvalue weighted by Crippen LogP contribution is -2.36. The molecule has 0 bridgehead atoms. The minimum Gasteiger partial charge on any atom is -0.486 e. The van der Waals surface area contributed by atoms with Gasteiger partial charge in [-0.1, -0.05) is 23.8 Å². The van der Waals surface area contributed by atoms with E-state index in [0.29, 0.717) is 30.5 Å². The fourth-order valence-electron chi connectivity index (χ4n) is 3.11. The number of amides is 2. The van der Waals surface area contributed by atoms with E-state index in [-0.39, 0.29) is 23.7 Å². The molecule has 140 valence electrons. The molecular formula is C20H20N2O4S. The Morgan fingerprint density at radius 2 is 1.89 bits per heavy atom. The molecule has 0 aliphatic carbocycles. The van der Waals surface area contributed by atoms with E-state index in [1.165, 1.54) is 11.8 Å². The standard InChI is InChI=1S/C20H20N2O4S/c1-13-2-5-15(6-3-13)21-18(23)11-22-19(24)12-27-20(22)14-4-7-16-17(10-14)26-9-8-25-16/h2-7,10,20H,8-9,11-12H2,1H3,(H,21,23)/t20-/m0/s1. The molecule has 1 fully saturated rings. The van der Waals surface area contributed by atoms with E-state index in [4.69, 9.17) is 9.47 Å². The van der Waals surface area contributed by atoms with Gasteiger partial charge < -0.3 is 19.7 Å². The number of nitrogens with zero attached hydrogens (tertiary/aromatic N) is 1. The van der Waals surface area contributed by atoms with E-state index in [9.17, 15) is 9.59 Å². The third kappa shape index (κ3) is 3.88. The summed E-state index contributed by atoms with van der Waals surface area (Å²) >= 11 is 1.51. The molecular weight excluding hydrogens is 364 g/mol. The number of thioether (sulfide) groups is 1. The minimum atomic E-state index is -0.211. The molecule has 2 heterocycles. The topological polar surface area (TPSA) is 67.9 Å². The van der Waals surface area contributed by atoms with Gasteiger partial charge in [-0.25, -0.2) is 0 Å². The molecule has 4 rings (SSSR count). The smallest absolute Gasteiger partial charge is 0.244 e. The summed E-state index contributed by atoms with van der Waals surface area (Å²) in [5.74, 6) is 1.50. The molecule has 1 saturated heterocycles. The number of carbonyl (C=O) groups excluding carboxylic acids is 2. The van der Waals surface area contributed by atoms with Gasteiger partial charge in [0, 0.05) is 5.69 Å². The van der Waals surface area contributed by atoms with Gasteiger partial charge in [0.1, 0.15) is 25.1 Å². The van der Waals surface area contributed by atoms with E-state index < -0.39 is 0 Å². The van der Waals surface area contributed by atoms with Crippen LogP contribution in [0.3, 0.4) is 0 Å². The largest absolute Gasteiger partial charge is 0.486 e. The first-order valence-corrected chi connectivity index (χ1v) is 9.82. The number of hydrogen-bond acceptors (Lipinski definition) is 5. The van der Waals surface area contributed by atoms with E-state index in [1.54, 1.807) is 4.90 Å². The lowest BCUT2D eigenvalue weighted by atomic mass is 10.1. The third-order valence-electron chi connectivity index (χ3n) is 4.47. The molecule has 2 aromatic rings. The van der Waals surface area contributed by atoms with E-state index >= 15 is 0 Å². The number of hydrogen-bond donors (Lipinski definition) is 1. The minimum absolute atomic E-state index is 0.0127. The van der Waals surface area contributed by atoms with Gasteiger partial charge in [0.25, 0.3) is 0 Å². The molecule has 0 unspecified atom stereocenters. The highest BCUT2D eigenvalue weighted by Crippen LogP contribution is 2.42. The van der Waals surface area contributed by atoms with Gasteiger partial charge in [-0.2, -0.15) is 0 Å². The number of rotatable bonds is 4. The summed E-state index contributed by atoms with van der Waals surface area (Å²) in [7, 11) is 0. The summed E-state index contributed by atoms with van der Waals surface area (Å²) in [5, 5.41) is 2.64. The second-order valence-corrected chi connectivity index (χ2v) is 7.57. The van der Waals surface area contributed by atoms with Crippen LogP contribution in [0.4, 0.5) is 5.69 Å². The first-order chi connectivity index (χ1) is 13.1. The normalized spacial score (nSPS) is 18.5. The Morgan fingerprint density at radius 3 is 2.67 bits per heavy atom. The Morgan fingerprint density at radius 1 is 1.15 bits per heavy atom. The van der Waals surface area contributed by atoms with Crippen molar-refractivity contribution in [2.24, 2.45) is 0 Å². The quantitative estimate of drug-likeness (QED) is 0.878. The van der Waals surface area contributed by atoms with Crippen LogP contribution in [-0.4, -0.2) is 42.2 Å². The van der Waals surface area contributed by atoms with Crippen molar-refractivity contribution in [1.29, 1.82) is 0 Å². The lowest BCUT2D eigenvalue weighted by Gasteiger charge is -2.25. The highest BCUT2D eigenvalue weighted by molar-refractivity contribution is 8.00. The molecule has 0 spiro atoms. The van der Waals surface area contributed by atoms with E-state index in [0.717, 1.165) is 16.8 Å². The molecule has 2 aromatic carbocycles. The van der Waals surface area contributed by atoms with Crippen molar-refractivity contribution in [3.8, 4) is 11.5 Å². The van der Waals surface area contributed by atoms with Crippen molar-refractivity contribution in [1.82, 2.24) is 4.90 Å². The monoisotopic (exact) mass is 384 g/mol. The Bertz CT molecular complexity index is 869. The molecule has 1 atom stereocenters. The highest BCUT2D eigenvalue weighted by atomic mass is 32.2. The van der Waals surface area contributed by atoms with Gasteiger partial charge in [0.05, 0.1) is 5.75 Å². The fourth-order valence-corrected chi connectivity index (χ4v) is 4.28. The summed E-state index contributed by atoms with van der Waals surface area (Å²) < 4.78 is 11.2. The van der Waals surface area contributed by atoms with E-state index in [1.807, 2.05) is 49.4 Å². The zero-order valence-electron chi connectivity index (χ0n) is 14.9. The van der Waals surface area contributed by atoms with Gasteiger partial charge in [-0.15, -0.1) is 11.8 Å². The van der Waals surface area contributed by atoms with Crippen molar-refractivity contribution in [3.05, 3.63) is 53.6 Å². The van der Waals surface area contributed by atoms with Crippen molar-refractivity contribution in [3.63, 3.8) is 0 Å². The summed E-state index contributed by atoms with van der Waals surface area (Å²) in [4.78, 5) is 26.4. The van der Waals surface area contributed by atoms with Crippen LogP contribution < -0.4 is 14.8 Å². The van der Waals surface area contributed by atoms with Crippen molar-refractivity contribution >= 4 is 29.3 Å². The van der Waals surface area contributed by atoms with E-state index in [2.05, 4.69) is 5.32 Å².